The van der Waals surface area contributed by atoms with E-state index in [9.17, 15) is 9.59 Å². The van der Waals surface area contributed by atoms with Gasteiger partial charge in [-0.05, 0) is 13.3 Å². The van der Waals surface area contributed by atoms with Gasteiger partial charge in [-0.1, -0.05) is 12.5 Å². The van der Waals surface area contributed by atoms with Crippen LogP contribution in [0.5, 0.6) is 0 Å². The van der Waals surface area contributed by atoms with Crippen molar-refractivity contribution in [3.8, 4) is 0 Å². The van der Waals surface area contributed by atoms with E-state index in [2.05, 4.69) is 0 Å². The van der Waals surface area contributed by atoms with E-state index >= 15 is 0 Å². The van der Waals surface area contributed by atoms with E-state index in [0.717, 1.165) is 5.57 Å². The molecular weight excluding hydrogens is 156 g/mol. The van der Waals surface area contributed by atoms with Crippen LogP contribution in [0.2, 0.25) is 0 Å². The van der Waals surface area contributed by atoms with Gasteiger partial charge in [-0.3, -0.25) is 9.59 Å². The van der Waals surface area contributed by atoms with Gasteiger partial charge in [0.25, 0.3) is 0 Å². The molecule has 0 bridgehead atoms. The maximum absolute atomic E-state index is 10.6. The molecule has 0 saturated carbocycles. The van der Waals surface area contributed by atoms with E-state index in [0.29, 0.717) is 6.42 Å². The fourth-order valence-electron chi connectivity index (χ4n) is 0.885. The third-order valence-electron chi connectivity index (χ3n) is 1.50. The van der Waals surface area contributed by atoms with E-state index in [1.165, 1.54) is 6.08 Å². The highest BCUT2D eigenvalue weighted by molar-refractivity contribution is 5.86. The molecule has 0 heterocycles. The average Bonchev–Trinajstić information content (AvgIpc) is 1.84. The van der Waals surface area contributed by atoms with E-state index in [-0.39, 0.29) is 11.8 Å². The molecule has 2 amide bonds. The van der Waals surface area contributed by atoms with Crippen LogP contribution in [0.4, 0.5) is 0 Å². The van der Waals surface area contributed by atoms with Crippen LogP contribution >= 0.6 is 0 Å². The minimum absolute atomic E-state index is 0.249. The van der Waals surface area contributed by atoms with Gasteiger partial charge in [0.15, 0.2) is 0 Å². The molecule has 0 spiro atoms. The highest BCUT2D eigenvalue weighted by Crippen LogP contribution is 2.09. The van der Waals surface area contributed by atoms with Crippen LogP contribution in [0, 0.1) is 5.92 Å². The normalized spacial score (nSPS) is 14.0. The summed E-state index contributed by atoms with van der Waals surface area (Å²) in [6.45, 7) is 3.45. The van der Waals surface area contributed by atoms with Crippen molar-refractivity contribution in [1.82, 2.24) is 0 Å². The van der Waals surface area contributed by atoms with Gasteiger partial charge >= 0.3 is 0 Å². The van der Waals surface area contributed by atoms with Crippen LogP contribution < -0.4 is 11.5 Å². The van der Waals surface area contributed by atoms with Gasteiger partial charge in [-0.15, -0.1) is 0 Å². The molecule has 0 aromatic carbocycles. The molecule has 0 aliphatic carbocycles. The maximum atomic E-state index is 10.6. The van der Waals surface area contributed by atoms with E-state index in [1.54, 1.807) is 13.8 Å². The number of primary amides is 2. The Balaban J connectivity index is 4.09. The molecule has 1 atom stereocenters. The molecule has 0 fully saturated rings. The number of hydrogen-bond acceptors (Lipinski definition) is 2. The quantitative estimate of drug-likeness (QED) is 0.578. The lowest BCUT2D eigenvalue weighted by Crippen LogP contribution is -2.21. The topological polar surface area (TPSA) is 86.2 Å². The summed E-state index contributed by atoms with van der Waals surface area (Å²) in [4.78, 5) is 21.0. The summed E-state index contributed by atoms with van der Waals surface area (Å²) in [6.07, 6.45) is 1.79. The molecule has 4 N–H and O–H groups in total. The molecular formula is C8H14N2O2. The molecule has 0 aromatic rings. The Labute approximate surface area is 71.6 Å². The zero-order valence-electron chi connectivity index (χ0n) is 7.33. The summed E-state index contributed by atoms with van der Waals surface area (Å²) < 4.78 is 0. The van der Waals surface area contributed by atoms with Crippen molar-refractivity contribution >= 4 is 11.8 Å². The average molecular weight is 170 g/mol. The van der Waals surface area contributed by atoms with E-state index in [4.69, 9.17) is 11.5 Å². The van der Waals surface area contributed by atoms with Crippen molar-refractivity contribution in [3.63, 3.8) is 0 Å². The Morgan fingerprint density at radius 3 is 2.25 bits per heavy atom. The van der Waals surface area contributed by atoms with Crippen molar-refractivity contribution in [2.45, 2.75) is 20.3 Å². The summed E-state index contributed by atoms with van der Waals surface area (Å²) in [5, 5.41) is 0. The summed E-state index contributed by atoms with van der Waals surface area (Å²) >= 11 is 0. The predicted molar refractivity (Wildman–Crippen MR) is 45.9 cm³/mol. The highest BCUT2D eigenvalue weighted by atomic mass is 16.1. The number of carbonyl (C=O) groups is 2. The number of allylic oxidation sites excluding steroid dienone is 1. The minimum Gasteiger partial charge on any atom is -0.369 e. The molecule has 1 unspecified atom stereocenters. The fourth-order valence-corrected chi connectivity index (χ4v) is 0.885. The molecule has 0 aliphatic heterocycles. The largest absolute Gasteiger partial charge is 0.369 e. The first kappa shape index (κ1) is 10.7. The Kier molecular flexibility index (Phi) is 4.04. The minimum atomic E-state index is -0.496. The monoisotopic (exact) mass is 170 g/mol. The van der Waals surface area contributed by atoms with Crippen molar-refractivity contribution < 1.29 is 9.59 Å². The molecule has 0 aromatic heterocycles. The number of rotatable bonds is 4. The van der Waals surface area contributed by atoms with Gasteiger partial charge in [0.2, 0.25) is 11.8 Å². The van der Waals surface area contributed by atoms with Crippen molar-refractivity contribution in [2.24, 2.45) is 17.4 Å². The number of carbonyl (C=O) groups excluding carboxylic acids is 2. The first-order chi connectivity index (χ1) is 5.43. The van der Waals surface area contributed by atoms with Crippen LogP contribution in [0.25, 0.3) is 0 Å². The van der Waals surface area contributed by atoms with Gasteiger partial charge in [-0.25, -0.2) is 0 Å². The van der Waals surface area contributed by atoms with Gasteiger partial charge < -0.3 is 11.5 Å². The Morgan fingerprint density at radius 1 is 1.42 bits per heavy atom. The summed E-state index contributed by atoms with van der Waals surface area (Å²) in [7, 11) is 0. The first-order valence-electron chi connectivity index (χ1n) is 3.69. The second kappa shape index (κ2) is 4.54. The summed E-state index contributed by atoms with van der Waals surface area (Å²) in [6, 6.07) is 0. The van der Waals surface area contributed by atoms with Crippen molar-refractivity contribution in [2.75, 3.05) is 0 Å². The Bertz CT molecular complexity index is 221. The lowest BCUT2D eigenvalue weighted by Gasteiger charge is -2.05. The van der Waals surface area contributed by atoms with Crippen LogP contribution in [-0.4, -0.2) is 11.8 Å². The molecule has 12 heavy (non-hydrogen) atoms. The van der Waals surface area contributed by atoms with Crippen LogP contribution in [0.15, 0.2) is 11.6 Å². The second-order valence-electron chi connectivity index (χ2n) is 2.90. The number of amides is 2. The van der Waals surface area contributed by atoms with Gasteiger partial charge in [-0.2, -0.15) is 0 Å². The van der Waals surface area contributed by atoms with Crippen LogP contribution in [-0.2, 0) is 9.59 Å². The van der Waals surface area contributed by atoms with Crippen molar-refractivity contribution in [1.29, 1.82) is 0 Å². The van der Waals surface area contributed by atoms with Gasteiger partial charge in [0, 0.05) is 12.0 Å². The first-order valence-corrected chi connectivity index (χ1v) is 3.69. The highest BCUT2D eigenvalue weighted by Gasteiger charge is 2.08. The summed E-state index contributed by atoms with van der Waals surface area (Å²) in [5.41, 5.74) is 10.7. The van der Waals surface area contributed by atoms with Gasteiger partial charge in [0.1, 0.15) is 0 Å². The number of nitrogens with two attached hydrogens (primary N) is 2. The lowest BCUT2D eigenvalue weighted by molar-refractivity contribution is -0.121. The van der Waals surface area contributed by atoms with Crippen LogP contribution in [0.1, 0.15) is 20.3 Å². The zero-order chi connectivity index (χ0) is 9.72. The van der Waals surface area contributed by atoms with Gasteiger partial charge in [0.05, 0.1) is 0 Å². The summed E-state index contributed by atoms with van der Waals surface area (Å²) in [5.74, 6) is -1.11. The van der Waals surface area contributed by atoms with E-state index < -0.39 is 5.91 Å². The zero-order valence-corrected chi connectivity index (χ0v) is 7.33. The lowest BCUT2D eigenvalue weighted by atomic mass is 10.0. The smallest absolute Gasteiger partial charge is 0.241 e. The predicted octanol–water partition coefficient (Wildman–Crippen LogP) is -0.0705. The van der Waals surface area contributed by atoms with Crippen molar-refractivity contribution in [3.05, 3.63) is 11.6 Å². The molecule has 0 aliphatic rings. The molecule has 0 rings (SSSR count). The molecule has 0 radical (unpaired) electrons. The molecule has 0 saturated heterocycles. The molecule has 4 nitrogen and oxygen atoms in total. The standard InChI is InChI=1S/C8H14N2O2/c1-5(4-7(9)11)3-6(2)8(10)12/h4,6H,3H2,1-2H3,(H2,9,11)(H2,10,12)/b5-4-. The maximum Gasteiger partial charge on any atom is 0.241 e. The Morgan fingerprint density at radius 2 is 1.92 bits per heavy atom. The van der Waals surface area contributed by atoms with E-state index in [1.807, 2.05) is 0 Å². The van der Waals surface area contributed by atoms with Crippen LogP contribution in [0.3, 0.4) is 0 Å². The SMILES string of the molecule is C/C(=C/C(N)=O)CC(C)C(N)=O. The molecule has 4 heteroatoms. The third-order valence-corrected chi connectivity index (χ3v) is 1.50. The fraction of sp³-hybridized carbons (Fsp3) is 0.500. The molecule has 68 valence electrons. The Hall–Kier alpha value is -1.32. The number of hydrogen-bond donors (Lipinski definition) is 2. The third kappa shape index (κ3) is 4.49. The second-order valence-corrected chi connectivity index (χ2v) is 2.90.